The molecule has 0 saturated carbocycles. The van der Waals surface area contributed by atoms with E-state index in [9.17, 15) is 4.79 Å². The first kappa shape index (κ1) is 22.2. The Morgan fingerprint density at radius 1 is 1.09 bits per heavy atom. The Hall–Kier alpha value is -3.04. The van der Waals surface area contributed by atoms with Crippen molar-refractivity contribution in [1.29, 1.82) is 0 Å². The zero-order chi connectivity index (χ0) is 22.2. The van der Waals surface area contributed by atoms with Gasteiger partial charge in [0.2, 0.25) is 0 Å². The van der Waals surface area contributed by atoms with E-state index in [1.165, 1.54) is 0 Å². The molecule has 164 valence electrons. The Balaban J connectivity index is 1.31. The largest absolute Gasteiger partial charge is 0.352 e. The highest BCUT2D eigenvalue weighted by Gasteiger charge is 2.14. The number of carbonyl (C=O) groups excluding carboxylic acids is 1. The van der Waals surface area contributed by atoms with Crippen LogP contribution in [0.5, 0.6) is 0 Å². The van der Waals surface area contributed by atoms with Crippen LogP contribution in [0.4, 0.5) is 0 Å². The average Bonchev–Trinajstić information content (AvgIpc) is 3.47. The molecule has 0 unspecified atom stereocenters. The first-order valence-corrected chi connectivity index (χ1v) is 12.3. The number of thioether (sulfide) groups is 1. The van der Waals surface area contributed by atoms with Crippen molar-refractivity contribution in [3.05, 3.63) is 82.1 Å². The summed E-state index contributed by atoms with van der Waals surface area (Å²) >= 11 is 3.25. The maximum atomic E-state index is 12.8. The third-order valence-electron chi connectivity index (χ3n) is 4.79. The van der Waals surface area contributed by atoms with Crippen molar-refractivity contribution in [2.24, 2.45) is 0 Å². The highest BCUT2D eigenvalue weighted by Crippen LogP contribution is 2.26. The number of benzene rings is 2. The Bertz CT molecular complexity index is 1160. The first-order chi connectivity index (χ1) is 15.7. The van der Waals surface area contributed by atoms with E-state index in [4.69, 9.17) is 0 Å². The average molecular weight is 465 g/mol. The predicted octanol–water partition coefficient (Wildman–Crippen LogP) is 4.47. The van der Waals surface area contributed by atoms with Crippen molar-refractivity contribution in [1.82, 2.24) is 30.5 Å². The molecule has 7 nitrogen and oxygen atoms in total. The lowest BCUT2D eigenvalue weighted by Gasteiger charge is -2.10. The number of nitrogens with zero attached hydrogens (tertiary/aromatic N) is 5. The topological polar surface area (TPSA) is 85.6 Å². The number of rotatable bonds is 10. The van der Waals surface area contributed by atoms with Crippen LogP contribution < -0.4 is 5.32 Å². The van der Waals surface area contributed by atoms with Gasteiger partial charge in [-0.1, -0.05) is 30.3 Å². The van der Waals surface area contributed by atoms with Crippen LogP contribution >= 0.6 is 23.1 Å². The second-order valence-electron chi connectivity index (χ2n) is 7.22. The number of aromatic nitrogens is 5. The number of carbonyl (C=O) groups is 1. The number of aryl methyl sites for hydroxylation is 2. The minimum Gasteiger partial charge on any atom is -0.352 e. The number of amides is 1. The number of hydrogen-bond donors (Lipinski definition) is 1. The molecule has 2 aromatic heterocycles. The lowest BCUT2D eigenvalue weighted by Crippen LogP contribution is -2.25. The fourth-order valence-electron chi connectivity index (χ4n) is 3.20. The van der Waals surface area contributed by atoms with Crippen LogP contribution in [0.2, 0.25) is 0 Å². The number of unbranched alkanes of at least 4 members (excludes halogenated alkanes) is 1. The van der Waals surface area contributed by atoms with Crippen LogP contribution in [0.1, 0.15) is 39.7 Å². The molecule has 0 fully saturated rings. The standard InChI is InChI=1S/C23H24N6OS2/c1-17-15-32-22(25-17)13-7-8-14-24-23(30)19-11-5-6-12-20(19)31-16-21-26-27-28-29(21)18-9-3-2-4-10-18/h2-6,9-12,15H,7-8,13-14,16H2,1H3,(H,24,30). The number of hydrogen-bond acceptors (Lipinski definition) is 7. The van der Waals surface area contributed by atoms with E-state index in [1.807, 2.05) is 61.5 Å². The van der Waals surface area contributed by atoms with Gasteiger partial charge in [0.1, 0.15) is 0 Å². The number of nitrogens with one attached hydrogen (secondary N) is 1. The summed E-state index contributed by atoms with van der Waals surface area (Å²) in [7, 11) is 0. The molecule has 0 aliphatic carbocycles. The minimum absolute atomic E-state index is 0.0548. The van der Waals surface area contributed by atoms with E-state index in [2.05, 4.69) is 31.2 Å². The van der Waals surface area contributed by atoms with Gasteiger partial charge in [-0.05, 0) is 60.9 Å². The predicted molar refractivity (Wildman–Crippen MR) is 127 cm³/mol. The SMILES string of the molecule is Cc1csc(CCCCNC(=O)c2ccccc2SCc2nnnn2-c2ccccc2)n1. The van der Waals surface area contributed by atoms with Crippen LogP contribution in [-0.2, 0) is 12.2 Å². The van der Waals surface area contributed by atoms with Gasteiger partial charge in [0, 0.05) is 22.5 Å². The van der Waals surface area contributed by atoms with E-state index in [0.717, 1.165) is 46.4 Å². The monoisotopic (exact) mass is 464 g/mol. The quantitative estimate of drug-likeness (QED) is 0.275. The normalized spacial score (nSPS) is 10.9. The van der Waals surface area contributed by atoms with Gasteiger partial charge in [-0.25, -0.2) is 4.98 Å². The molecule has 2 aromatic carbocycles. The summed E-state index contributed by atoms with van der Waals surface area (Å²) in [5, 5.41) is 18.3. The fraction of sp³-hybridized carbons (Fsp3) is 0.261. The molecular formula is C23H24N6OS2. The third kappa shape index (κ3) is 5.80. The highest BCUT2D eigenvalue weighted by molar-refractivity contribution is 7.98. The van der Waals surface area contributed by atoms with E-state index in [0.29, 0.717) is 17.9 Å². The summed E-state index contributed by atoms with van der Waals surface area (Å²) in [6, 6.07) is 17.4. The van der Waals surface area contributed by atoms with Crippen LogP contribution in [-0.4, -0.2) is 37.6 Å². The molecule has 0 radical (unpaired) electrons. The van der Waals surface area contributed by atoms with E-state index < -0.39 is 0 Å². The summed E-state index contributed by atoms with van der Waals surface area (Å²) in [5.41, 5.74) is 2.66. The molecule has 4 rings (SSSR count). The first-order valence-electron chi connectivity index (χ1n) is 10.4. The summed E-state index contributed by atoms with van der Waals surface area (Å²) < 4.78 is 1.72. The molecule has 0 spiro atoms. The van der Waals surface area contributed by atoms with Gasteiger partial charge in [0.25, 0.3) is 5.91 Å². The molecule has 0 aliphatic heterocycles. The van der Waals surface area contributed by atoms with E-state index in [-0.39, 0.29) is 5.91 Å². The maximum absolute atomic E-state index is 12.8. The Morgan fingerprint density at radius 2 is 1.91 bits per heavy atom. The number of tetrazole rings is 1. The van der Waals surface area contributed by atoms with Gasteiger partial charge in [0.15, 0.2) is 5.82 Å². The van der Waals surface area contributed by atoms with E-state index in [1.54, 1.807) is 27.8 Å². The molecule has 0 bridgehead atoms. The van der Waals surface area contributed by atoms with Crippen molar-refractivity contribution in [3.63, 3.8) is 0 Å². The van der Waals surface area contributed by atoms with Gasteiger partial charge in [0.05, 0.1) is 22.0 Å². The summed E-state index contributed by atoms with van der Waals surface area (Å²) in [5.74, 6) is 1.23. The summed E-state index contributed by atoms with van der Waals surface area (Å²) in [6.07, 6.45) is 2.88. The molecular weight excluding hydrogens is 440 g/mol. The molecule has 32 heavy (non-hydrogen) atoms. The maximum Gasteiger partial charge on any atom is 0.252 e. The van der Waals surface area contributed by atoms with Gasteiger partial charge in [-0.15, -0.1) is 28.2 Å². The Kier molecular flexibility index (Phi) is 7.63. The number of thiazole rings is 1. The smallest absolute Gasteiger partial charge is 0.252 e. The van der Waals surface area contributed by atoms with Gasteiger partial charge in [-0.2, -0.15) is 4.68 Å². The molecule has 0 saturated heterocycles. The Labute approximate surface area is 195 Å². The second-order valence-corrected chi connectivity index (χ2v) is 9.18. The van der Waals surface area contributed by atoms with Crippen molar-refractivity contribution in [2.45, 2.75) is 36.8 Å². The molecule has 0 aliphatic rings. The van der Waals surface area contributed by atoms with Gasteiger partial charge >= 0.3 is 0 Å². The zero-order valence-electron chi connectivity index (χ0n) is 17.8. The van der Waals surface area contributed by atoms with E-state index >= 15 is 0 Å². The fourth-order valence-corrected chi connectivity index (χ4v) is 4.98. The molecule has 2 heterocycles. The van der Waals surface area contributed by atoms with Gasteiger partial charge < -0.3 is 5.32 Å². The molecule has 1 amide bonds. The lowest BCUT2D eigenvalue weighted by atomic mass is 10.2. The Morgan fingerprint density at radius 3 is 2.72 bits per heavy atom. The molecule has 1 N–H and O–H groups in total. The second kappa shape index (κ2) is 11.0. The minimum atomic E-state index is -0.0548. The van der Waals surface area contributed by atoms with Crippen LogP contribution in [0.15, 0.2) is 64.9 Å². The van der Waals surface area contributed by atoms with Gasteiger partial charge in [-0.3, -0.25) is 4.79 Å². The van der Waals surface area contributed by atoms with Crippen molar-refractivity contribution < 1.29 is 4.79 Å². The lowest BCUT2D eigenvalue weighted by molar-refractivity contribution is 0.0950. The van der Waals surface area contributed by atoms with Crippen molar-refractivity contribution in [2.75, 3.05) is 6.54 Å². The highest BCUT2D eigenvalue weighted by atomic mass is 32.2. The molecule has 4 aromatic rings. The van der Waals surface area contributed by atoms with Crippen molar-refractivity contribution >= 4 is 29.0 Å². The summed E-state index contributed by atoms with van der Waals surface area (Å²) in [4.78, 5) is 18.2. The van der Waals surface area contributed by atoms with Crippen LogP contribution in [0.3, 0.4) is 0 Å². The zero-order valence-corrected chi connectivity index (χ0v) is 19.4. The molecule has 0 atom stereocenters. The molecule has 9 heteroatoms. The van der Waals surface area contributed by atoms with Crippen LogP contribution in [0, 0.1) is 6.92 Å². The summed E-state index contributed by atoms with van der Waals surface area (Å²) in [6.45, 7) is 2.66. The third-order valence-corrected chi connectivity index (χ3v) is 6.89. The number of para-hydroxylation sites is 1. The van der Waals surface area contributed by atoms with Crippen molar-refractivity contribution in [3.8, 4) is 5.69 Å². The van der Waals surface area contributed by atoms with Crippen LogP contribution in [0.25, 0.3) is 5.69 Å².